The van der Waals surface area contributed by atoms with Crippen LogP contribution in [0.3, 0.4) is 0 Å². The van der Waals surface area contributed by atoms with E-state index in [1.807, 2.05) is 91.9 Å². The van der Waals surface area contributed by atoms with Gasteiger partial charge >= 0.3 is 5.97 Å². The molecular weight excluding hydrogens is 804 g/mol. The number of aliphatic hydroxyl groups is 1. The monoisotopic (exact) mass is 852 g/mol. The van der Waals surface area contributed by atoms with E-state index in [9.17, 15) is 14.7 Å². The summed E-state index contributed by atoms with van der Waals surface area (Å²) in [6, 6.07) is 23.4. The fourth-order valence-electron chi connectivity index (χ4n) is 9.00. The molecule has 3 saturated heterocycles. The highest BCUT2D eigenvalue weighted by atomic mass is 79.9. The molecule has 304 valence electrons. The minimum Gasteiger partial charge on any atom is -0.455 e. The number of benzene rings is 3. The average Bonchev–Trinajstić information content (AvgIpc) is 3.97. The third kappa shape index (κ3) is 7.48. The predicted octanol–water partition coefficient (Wildman–Crippen LogP) is 4.85. The Morgan fingerprint density at radius 3 is 2.43 bits per heavy atom. The van der Waals surface area contributed by atoms with Gasteiger partial charge in [0.25, 0.3) is 0 Å². The van der Waals surface area contributed by atoms with Gasteiger partial charge < -0.3 is 29.3 Å². The van der Waals surface area contributed by atoms with Crippen LogP contribution in [-0.4, -0.2) is 113 Å². The Morgan fingerprint density at radius 1 is 1.05 bits per heavy atom. The Bertz CT molecular complexity index is 2150. The molecule has 1 unspecified atom stereocenters. The van der Waals surface area contributed by atoms with Crippen molar-refractivity contribution in [2.45, 2.75) is 80.0 Å². The number of carbonyl (C=O) groups excluding carboxylic acids is 4. The first-order valence-corrected chi connectivity index (χ1v) is 20.5. The van der Waals surface area contributed by atoms with E-state index >= 15 is 9.59 Å². The minimum atomic E-state index is -1.45. The number of ether oxygens (including phenoxy) is 2. The van der Waals surface area contributed by atoms with Crippen molar-refractivity contribution in [1.29, 1.82) is 0 Å². The van der Waals surface area contributed by atoms with Gasteiger partial charge in [-0.25, -0.2) is 4.68 Å². The molecule has 3 fully saturated rings. The first-order chi connectivity index (χ1) is 28.0. The summed E-state index contributed by atoms with van der Waals surface area (Å²) in [5.41, 5.74) is 1.46. The summed E-state index contributed by atoms with van der Waals surface area (Å²) in [5, 5.41) is 19.6. The van der Waals surface area contributed by atoms with E-state index in [4.69, 9.17) is 9.47 Å². The van der Waals surface area contributed by atoms with Crippen LogP contribution in [-0.2, 0) is 41.7 Å². The first-order valence-electron chi connectivity index (χ1n) is 19.6. The normalized spacial score (nSPS) is 24.9. The van der Waals surface area contributed by atoms with Gasteiger partial charge in [0.05, 0.1) is 42.1 Å². The minimum absolute atomic E-state index is 0.00452. The van der Waals surface area contributed by atoms with Crippen LogP contribution in [0.15, 0.2) is 110 Å². The number of nitrogens with zero attached hydrogens (tertiary/aromatic N) is 6. The maximum absolute atomic E-state index is 15.3. The zero-order valence-corrected chi connectivity index (χ0v) is 34.3. The Labute approximate surface area is 346 Å². The molecule has 7 rings (SSSR count). The van der Waals surface area contributed by atoms with Gasteiger partial charge in [0.15, 0.2) is 0 Å². The van der Waals surface area contributed by atoms with E-state index in [0.717, 1.165) is 5.56 Å². The second-order valence-corrected chi connectivity index (χ2v) is 16.5. The number of rotatable bonds is 17. The highest BCUT2D eigenvalue weighted by molar-refractivity contribution is 9.09. The molecule has 3 aliphatic heterocycles. The average molecular weight is 854 g/mol. The number of hydrogen-bond acceptors (Lipinski definition) is 9. The van der Waals surface area contributed by atoms with Crippen molar-refractivity contribution in [3.8, 4) is 0 Å². The van der Waals surface area contributed by atoms with Gasteiger partial charge in [0, 0.05) is 24.8 Å². The Morgan fingerprint density at radius 2 is 1.74 bits per heavy atom. The molecule has 4 heterocycles. The fraction of sp³-hybridized carbons (Fsp3) is 0.409. The number of esters is 1. The van der Waals surface area contributed by atoms with Gasteiger partial charge in [-0.2, -0.15) is 0 Å². The summed E-state index contributed by atoms with van der Waals surface area (Å²) in [7, 11) is 1.68. The number of likely N-dealkylation sites (tertiary alicyclic amines) is 1. The molecule has 14 heteroatoms. The first kappa shape index (κ1) is 41.0. The molecule has 58 heavy (non-hydrogen) atoms. The molecule has 2 bridgehead atoms. The number of carbonyl (C=O) groups is 4. The molecular formula is C44H49BrN6O7. The highest BCUT2D eigenvalue weighted by Gasteiger charge is 2.77. The smallest absolute Gasteiger partial charge is 0.313 e. The molecule has 3 aliphatic rings. The summed E-state index contributed by atoms with van der Waals surface area (Å²) in [6.07, 6.45) is 2.85. The van der Waals surface area contributed by atoms with Crippen molar-refractivity contribution in [2.24, 2.45) is 11.8 Å². The number of likely N-dealkylation sites (N-methyl/N-ethyl adjacent to an activating group) is 1. The van der Waals surface area contributed by atoms with E-state index in [1.54, 1.807) is 33.7 Å². The molecule has 3 aromatic carbocycles. The number of amides is 3. The molecule has 1 aromatic heterocycles. The van der Waals surface area contributed by atoms with Gasteiger partial charge in [0.2, 0.25) is 17.7 Å². The SMILES string of the molecule is C=CCCC(=O)N(C)[C@@H](C)[C@@H](OC(=O)[C@@H]1[C@H]2O[C@@]3(CC2Br)[C@H](C(=O)N(CC=C)Cn2nnc4ccccc42)N([C@@H](CO)Cc2ccccc2)C(=O)[C@@H]13)c1ccccc1. The van der Waals surface area contributed by atoms with E-state index in [0.29, 0.717) is 23.0 Å². The Kier molecular flexibility index (Phi) is 12.3. The van der Waals surface area contributed by atoms with Crippen molar-refractivity contribution in [3.63, 3.8) is 0 Å². The van der Waals surface area contributed by atoms with Crippen molar-refractivity contribution in [3.05, 3.63) is 121 Å². The maximum Gasteiger partial charge on any atom is 0.313 e. The van der Waals surface area contributed by atoms with E-state index in [2.05, 4.69) is 39.4 Å². The number of alkyl halides is 1. The highest BCUT2D eigenvalue weighted by Crippen LogP contribution is 2.61. The largest absolute Gasteiger partial charge is 0.455 e. The van der Waals surface area contributed by atoms with Gasteiger partial charge in [0.1, 0.15) is 29.9 Å². The van der Waals surface area contributed by atoms with Crippen molar-refractivity contribution < 1.29 is 33.8 Å². The van der Waals surface area contributed by atoms with Crippen molar-refractivity contribution in [1.82, 2.24) is 29.7 Å². The van der Waals surface area contributed by atoms with Crippen molar-refractivity contribution >= 4 is 50.7 Å². The summed E-state index contributed by atoms with van der Waals surface area (Å²) in [6.45, 7) is 9.13. The number of aromatic nitrogens is 3. The van der Waals surface area contributed by atoms with Crippen LogP contribution in [0.25, 0.3) is 11.0 Å². The molecule has 0 radical (unpaired) electrons. The summed E-state index contributed by atoms with van der Waals surface area (Å²) in [5.74, 6) is -3.92. The van der Waals surface area contributed by atoms with Gasteiger partial charge in [-0.1, -0.05) is 106 Å². The van der Waals surface area contributed by atoms with E-state index in [-0.39, 0.29) is 38.4 Å². The predicted molar refractivity (Wildman–Crippen MR) is 220 cm³/mol. The lowest BCUT2D eigenvalue weighted by molar-refractivity contribution is -0.165. The summed E-state index contributed by atoms with van der Waals surface area (Å²) < 4.78 is 14.9. The quantitative estimate of drug-likeness (QED) is 0.0895. The molecule has 1 spiro atoms. The van der Waals surface area contributed by atoms with Crippen LogP contribution in [0.1, 0.15) is 43.4 Å². The standard InChI is InChI=1S/C44H49BrN6O7/c1-5-7-22-35(53)48(4)28(3)38(30-18-12-9-13-19-30)57-43(56)36-37-41(54)51(31(26-52)24-29-16-10-8-11-17-29)40(44(37)25-32(45)39(36)58-44)42(55)49(23-6-2)27-50-34-21-15-14-20-33(34)46-47-50/h5-6,8-21,28,31-32,36-40,52H,1-2,7,22-27H2,3-4H3/t28-,31+,32?,36-,37+,38+,39-,40-,44+/m0/s1. The van der Waals surface area contributed by atoms with E-state index < -0.39 is 77.0 Å². The molecule has 9 atom stereocenters. The maximum atomic E-state index is 15.3. The lowest BCUT2D eigenvalue weighted by atomic mass is 9.70. The van der Waals surface area contributed by atoms with Crippen LogP contribution < -0.4 is 0 Å². The van der Waals surface area contributed by atoms with Gasteiger partial charge in [-0.3, -0.25) is 19.2 Å². The molecule has 4 aromatic rings. The number of hydrogen-bond donors (Lipinski definition) is 1. The molecule has 3 amide bonds. The lowest BCUT2D eigenvalue weighted by Gasteiger charge is -2.39. The lowest BCUT2D eigenvalue weighted by Crippen LogP contribution is -2.59. The van der Waals surface area contributed by atoms with E-state index in [1.165, 1.54) is 4.90 Å². The third-order valence-corrected chi connectivity index (χ3v) is 12.8. The molecule has 13 nitrogen and oxygen atoms in total. The Balaban J connectivity index is 1.27. The molecule has 0 aliphatic carbocycles. The summed E-state index contributed by atoms with van der Waals surface area (Å²) in [4.78, 5) is 62.6. The van der Waals surface area contributed by atoms with Crippen LogP contribution in [0.2, 0.25) is 0 Å². The van der Waals surface area contributed by atoms with Gasteiger partial charge in [-0.05, 0) is 49.4 Å². The number of para-hydroxylation sites is 1. The number of fused-ring (bicyclic) bond motifs is 2. The fourth-order valence-corrected chi connectivity index (χ4v) is 9.94. The number of halogens is 1. The third-order valence-electron chi connectivity index (χ3n) is 11.9. The number of aliphatic hydroxyl groups excluding tert-OH is 1. The van der Waals surface area contributed by atoms with Crippen LogP contribution in [0.4, 0.5) is 0 Å². The van der Waals surface area contributed by atoms with Crippen LogP contribution in [0, 0.1) is 11.8 Å². The van der Waals surface area contributed by atoms with Crippen LogP contribution >= 0.6 is 15.9 Å². The molecule has 1 N–H and O–H groups in total. The van der Waals surface area contributed by atoms with Gasteiger partial charge in [-0.15, -0.1) is 18.3 Å². The number of allylic oxidation sites excluding steroid dienone is 1. The zero-order chi connectivity index (χ0) is 41.1. The molecule has 0 saturated carbocycles. The topological polar surface area (TPSA) is 147 Å². The van der Waals surface area contributed by atoms with Crippen molar-refractivity contribution in [2.75, 3.05) is 20.2 Å². The Hall–Kier alpha value is -5.18. The summed E-state index contributed by atoms with van der Waals surface area (Å²) >= 11 is 3.77. The second-order valence-electron chi connectivity index (χ2n) is 15.3. The zero-order valence-electron chi connectivity index (χ0n) is 32.7. The van der Waals surface area contributed by atoms with Crippen LogP contribution in [0.5, 0.6) is 0 Å². The second kappa shape index (κ2) is 17.4.